The highest BCUT2D eigenvalue weighted by Crippen LogP contribution is 2.17. The van der Waals surface area contributed by atoms with Crippen molar-refractivity contribution in [2.75, 3.05) is 26.2 Å². The van der Waals surface area contributed by atoms with E-state index in [0.717, 1.165) is 19.6 Å². The second-order valence-corrected chi connectivity index (χ2v) is 4.56. The standard InChI is InChI=1S/C12H24N2O2/c1-5-7-13-8-10(3)14(11(4)9-13)12(15)16-6-2/h10-11H,5-9H2,1-4H3. The van der Waals surface area contributed by atoms with Crippen molar-refractivity contribution in [3.05, 3.63) is 0 Å². The summed E-state index contributed by atoms with van der Waals surface area (Å²) in [6.07, 6.45) is 0.998. The van der Waals surface area contributed by atoms with Gasteiger partial charge >= 0.3 is 6.09 Å². The summed E-state index contributed by atoms with van der Waals surface area (Å²) in [7, 11) is 0. The summed E-state index contributed by atoms with van der Waals surface area (Å²) in [5.41, 5.74) is 0. The smallest absolute Gasteiger partial charge is 0.410 e. The van der Waals surface area contributed by atoms with Gasteiger partial charge in [0.1, 0.15) is 0 Å². The lowest BCUT2D eigenvalue weighted by Crippen LogP contribution is -2.58. The van der Waals surface area contributed by atoms with E-state index in [2.05, 4.69) is 25.7 Å². The predicted octanol–water partition coefficient (Wildman–Crippen LogP) is 1.95. The number of hydrogen-bond acceptors (Lipinski definition) is 3. The lowest BCUT2D eigenvalue weighted by Gasteiger charge is -2.43. The predicted molar refractivity (Wildman–Crippen MR) is 64.5 cm³/mol. The van der Waals surface area contributed by atoms with E-state index in [4.69, 9.17) is 4.74 Å². The van der Waals surface area contributed by atoms with Crippen LogP contribution in [-0.2, 0) is 4.74 Å². The molecule has 94 valence electrons. The van der Waals surface area contributed by atoms with Gasteiger partial charge in [-0.05, 0) is 33.7 Å². The first-order valence-electron chi connectivity index (χ1n) is 6.27. The summed E-state index contributed by atoms with van der Waals surface area (Å²) in [6.45, 7) is 11.7. The fraction of sp³-hybridized carbons (Fsp3) is 0.917. The molecule has 4 heteroatoms. The largest absolute Gasteiger partial charge is 0.450 e. The van der Waals surface area contributed by atoms with Crippen molar-refractivity contribution in [2.24, 2.45) is 0 Å². The van der Waals surface area contributed by atoms with E-state index in [1.807, 2.05) is 11.8 Å². The lowest BCUT2D eigenvalue weighted by molar-refractivity contribution is 0.0261. The van der Waals surface area contributed by atoms with Gasteiger partial charge in [0.15, 0.2) is 0 Å². The SMILES string of the molecule is CCCN1CC(C)N(C(=O)OCC)C(C)C1. The molecule has 1 aliphatic heterocycles. The van der Waals surface area contributed by atoms with E-state index < -0.39 is 0 Å². The highest BCUT2D eigenvalue weighted by Gasteiger charge is 2.33. The molecule has 2 atom stereocenters. The van der Waals surface area contributed by atoms with Crippen LogP contribution in [0.2, 0.25) is 0 Å². The number of rotatable bonds is 3. The second kappa shape index (κ2) is 6.09. The van der Waals surface area contributed by atoms with Crippen LogP contribution in [0.1, 0.15) is 34.1 Å². The number of amides is 1. The van der Waals surface area contributed by atoms with E-state index in [-0.39, 0.29) is 18.2 Å². The zero-order chi connectivity index (χ0) is 12.1. The Morgan fingerprint density at radius 3 is 2.25 bits per heavy atom. The number of carbonyl (C=O) groups is 1. The monoisotopic (exact) mass is 228 g/mol. The Balaban J connectivity index is 2.58. The molecular formula is C12H24N2O2. The molecular weight excluding hydrogens is 204 g/mol. The van der Waals surface area contributed by atoms with Crippen molar-refractivity contribution in [1.82, 2.24) is 9.80 Å². The molecule has 2 unspecified atom stereocenters. The number of nitrogens with zero attached hydrogens (tertiary/aromatic N) is 2. The van der Waals surface area contributed by atoms with Gasteiger partial charge in [0, 0.05) is 25.2 Å². The van der Waals surface area contributed by atoms with Gasteiger partial charge < -0.3 is 9.64 Å². The summed E-state index contributed by atoms with van der Waals surface area (Å²) < 4.78 is 5.09. The minimum Gasteiger partial charge on any atom is -0.450 e. The van der Waals surface area contributed by atoms with Crippen LogP contribution in [0.5, 0.6) is 0 Å². The summed E-state index contributed by atoms with van der Waals surface area (Å²) in [5.74, 6) is 0. The number of ether oxygens (including phenoxy) is 1. The molecule has 4 nitrogen and oxygen atoms in total. The van der Waals surface area contributed by atoms with Crippen LogP contribution in [0.3, 0.4) is 0 Å². The zero-order valence-electron chi connectivity index (χ0n) is 10.9. The lowest BCUT2D eigenvalue weighted by atomic mass is 10.1. The van der Waals surface area contributed by atoms with E-state index in [1.54, 1.807) is 0 Å². The van der Waals surface area contributed by atoms with Crippen molar-refractivity contribution < 1.29 is 9.53 Å². The molecule has 1 fully saturated rings. The third-order valence-corrected chi connectivity index (χ3v) is 3.01. The molecule has 1 amide bonds. The molecule has 0 aromatic carbocycles. The molecule has 1 aliphatic rings. The molecule has 0 aromatic rings. The third-order valence-electron chi connectivity index (χ3n) is 3.01. The Kier molecular flexibility index (Phi) is 5.06. The molecule has 0 aliphatic carbocycles. The van der Waals surface area contributed by atoms with E-state index in [0.29, 0.717) is 6.61 Å². The van der Waals surface area contributed by atoms with Gasteiger partial charge in [0.05, 0.1) is 6.61 Å². The average Bonchev–Trinajstić information content (AvgIpc) is 2.17. The van der Waals surface area contributed by atoms with Crippen molar-refractivity contribution in [1.29, 1.82) is 0 Å². The quantitative estimate of drug-likeness (QED) is 0.740. The van der Waals surface area contributed by atoms with E-state index >= 15 is 0 Å². The summed E-state index contributed by atoms with van der Waals surface area (Å²) in [4.78, 5) is 16.1. The molecule has 1 rings (SSSR count). The van der Waals surface area contributed by atoms with Crippen LogP contribution in [0.4, 0.5) is 4.79 Å². The minimum atomic E-state index is -0.168. The number of carbonyl (C=O) groups excluding carboxylic acids is 1. The zero-order valence-corrected chi connectivity index (χ0v) is 10.9. The molecule has 1 saturated heterocycles. The molecule has 0 spiro atoms. The van der Waals surface area contributed by atoms with Gasteiger partial charge in [-0.25, -0.2) is 4.79 Å². The van der Waals surface area contributed by atoms with Crippen LogP contribution in [-0.4, -0.2) is 54.2 Å². The molecule has 0 N–H and O–H groups in total. The van der Waals surface area contributed by atoms with Gasteiger partial charge in [-0.1, -0.05) is 6.92 Å². The molecule has 1 heterocycles. The molecule has 0 aromatic heterocycles. The maximum atomic E-state index is 11.8. The Morgan fingerprint density at radius 2 is 1.81 bits per heavy atom. The fourth-order valence-electron chi connectivity index (χ4n) is 2.49. The Labute approximate surface area is 98.5 Å². The van der Waals surface area contributed by atoms with E-state index in [1.165, 1.54) is 6.42 Å². The number of piperazine rings is 1. The summed E-state index contributed by atoms with van der Waals surface area (Å²) in [5, 5.41) is 0. The second-order valence-electron chi connectivity index (χ2n) is 4.56. The molecule has 0 bridgehead atoms. The average molecular weight is 228 g/mol. The van der Waals surface area contributed by atoms with Crippen LogP contribution < -0.4 is 0 Å². The summed E-state index contributed by atoms with van der Waals surface area (Å²) in [6, 6.07) is 0.490. The van der Waals surface area contributed by atoms with Crippen molar-refractivity contribution in [2.45, 2.75) is 46.2 Å². The normalized spacial score (nSPS) is 26.9. The van der Waals surface area contributed by atoms with Gasteiger partial charge in [0.2, 0.25) is 0 Å². The summed E-state index contributed by atoms with van der Waals surface area (Å²) >= 11 is 0. The van der Waals surface area contributed by atoms with Crippen molar-refractivity contribution >= 4 is 6.09 Å². The highest BCUT2D eigenvalue weighted by molar-refractivity contribution is 5.68. The maximum Gasteiger partial charge on any atom is 0.410 e. The maximum absolute atomic E-state index is 11.8. The molecule has 0 saturated carbocycles. The first-order valence-corrected chi connectivity index (χ1v) is 6.27. The van der Waals surface area contributed by atoms with Gasteiger partial charge in [-0.3, -0.25) is 4.90 Å². The van der Waals surface area contributed by atoms with Crippen molar-refractivity contribution in [3.8, 4) is 0 Å². The highest BCUT2D eigenvalue weighted by atomic mass is 16.6. The van der Waals surface area contributed by atoms with Gasteiger partial charge in [-0.15, -0.1) is 0 Å². The van der Waals surface area contributed by atoms with Crippen LogP contribution >= 0.6 is 0 Å². The number of hydrogen-bond donors (Lipinski definition) is 0. The molecule has 0 radical (unpaired) electrons. The van der Waals surface area contributed by atoms with Crippen LogP contribution in [0.25, 0.3) is 0 Å². The minimum absolute atomic E-state index is 0.168. The van der Waals surface area contributed by atoms with Crippen LogP contribution in [0.15, 0.2) is 0 Å². The third kappa shape index (κ3) is 3.11. The Bertz CT molecular complexity index is 221. The van der Waals surface area contributed by atoms with Gasteiger partial charge in [-0.2, -0.15) is 0 Å². The topological polar surface area (TPSA) is 32.8 Å². The first kappa shape index (κ1) is 13.3. The fourth-order valence-corrected chi connectivity index (χ4v) is 2.49. The first-order chi connectivity index (χ1) is 7.60. The van der Waals surface area contributed by atoms with Crippen molar-refractivity contribution in [3.63, 3.8) is 0 Å². The Hall–Kier alpha value is -0.770. The molecule has 16 heavy (non-hydrogen) atoms. The van der Waals surface area contributed by atoms with E-state index in [9.17, 15) is 4.79 Å². The van der Waals surface area contributed by atoms with Crippen LogP contribution in [0, 0.1) is 0 Å². The van der Waals surface area contributed by atoms with Gasteiger partial charge in [0.25, 0.3) is 0 Å². The Morgan fingerprint density at radius 1 is 1.25 bits per heavy atom.